The molecular formula is C14H12N4O2. The summed E-state index contributed by atoms with van der Waals surface area (Å²) in [6.45, 7) is 0. The van der Waals surface area contributed by atoms with Gasteiger partial charge in [-0.2, -0.15) is 4.98 Å². The highest BCUT2D eigenvalue weighted by molar-refractivity contribution is 5.60. The van der Waals surface area contributed by atoms with Crippen LogP contribution in [0.2, 0.25) is 0 Å². The molecule has 0 saturated carbocycles. The summed E-state index contributed by atoms with van der Waals surface area (Å²) in [7, 11) is 1.62. The van der Waals surface area contributed by atoms with E-state index < -0.39 is 0 Å². The number of ether oxygens (including phenoxy) is 1. The maximum absolute atomic E-state index is 5.54. The minimum absolute atomic E-state index is 0.406. The van der Waals surface area contributed by atoms with Gasteiger partial charge in [-0.15, -0.1) is 0 Å². The van der Waals surface area contributed by atoms with Crippen LogP contribution in [0.25, 0.3) is 22.8 Å². The second-order valence-corrected chi connectivity index (χ2v) is 4.12. The summed E-state index contributed by atoms with van der Waals surface area (Å²) in [5.41, 5.74) is 7.12. The van der Waals surface area contributed by atoms with Gasteiger partial charge in [-0.3, -0.25) is 0 Å². The summed E-state index contributed by atoms with van der Waals surface area (Å²) in [5.74, 6) is 2.15. The Hall–Kier alpha value is -2.89. The third-order valence-electron chi connectivity index (χ3n) is 2.81. The molecule has 3 aromatic rings. The SMILES string of the molecule is COc1ccc(-c2noc(-c3ccc(N)nc3)n2)cc1. The van der Waals surface area contributed by atoms with Crippen LogP contribution >= 0.6 is 0 Å². The Bertz CT molecular complexity index is 705. The van der Waals surface area contributed by atoms with Crippen LogP contribution in [-0.4, -0.2) is 22.2 Å². The monoisotopic (exact) mass is 268 g/mol. The lowest BCUT2D eigenvalue weighted by molar-refractivity contribution is 0.415. The fourth-order valence-corrected chi connectivity index (χ4v) is 1.73. The van der Waals surface area contributed by atoms with Gasteiger partial charge in [-0.1, -0.05) is 5.16 Å². The van der Waals surface area contributed by atoms with Crippen LogP contribution in [-0.2, 0) is 0 Å². The first-order chi connectivity index (χ1) is 9.76. The van der Waals surface area contributed by atoms with E-state index in [4.69, 9.17) is 15.0 Å². The summed E-state index contributed by atoms with van der Waals surface area (Å²) < 4.78 is 10.3. The fraction of sp³-hybridized carbons (Fsp3) is 0.0714. The number of pyridine rings is 1. The number of rotatable bonds is 3. The first kappa shape index (κ1) is 12.2. The Morgan fingerprint density at radius 1 is 1.05 bits per heavy atom. The standard InChI is InChI=1S/C14H12N4O2/c1-19-11-5-2-9(3-6-11)13-17-14(20-18-13)10-4-7-12(15)16-8-10/h2-8H,1H3,(H2,15,16). The molecule has 0 spiro atoms. The molecule has 0 unspecified atom stereocenters. The molecule has 0 atom stereocenters. The molecule has 1 aromatic carbocycles. The second-order valence-electron chi connectivity index (χ2n) is 4.12. The van der Waals surface area contributed by atoms with Crippen LogP contribution in [0.5, 0.6) is 5.75 Å². The van der Waals surface area contributed by atoms with Crippen molar-refractivity contribution in [2.24, 2.45) is 0 Å². The molecule has 0 aliphatic heterocycles. The Balaban J connectivity index is 1.91. The smallest absolute Gasteiger partial charge is 0.259 e. The van der Waals surface area contributed by atoms with Crippen molar-refractivity contribution in [3.05, 3.63) is 42.6 Å². The molecule has 0 bridgehead atoms. The molecule has 2 aromatic heterocycles. The molecular weight excluding hydrogens is 256 g/mol. The van der Waals surface area contributed by atoms with E-state index in [2.05, 4.69) is 15.1 Å². The van der Waals surface area contributed by atoms with Gasteiger partial charge in [-0.25, -0.2) is 4.98 Å². The minimum Gasteiger partial charge on any atom is -0.497 e. The van der Waals surface area contributed by atoms with Crippen molar-refractivity contribution in [2.75, 3.05) is 12.8 Å². The zero-order chi connectivity index (χ0) is 13.9. The summed E-state index contributed by atoms with van der Waals surface area (Å²) in [5, 5.41) is 3.95. The summed E-state index contributed by atoms with van der Waals surface area (Å²) in [4.78, 5) is 8.33. The van der Waals surface area contributed by atoms with Crippen molar-refractivity contribution in [2.45, 2.75) is 0 Å². The summed E-state index contributed by atoms with van der Waals surface area (Å²) in [6, 6.07) is 10.9. The van der Waals surface area contributed by atoms with E-state index in [1.807, 2.05) is 24.3 Å². The number of hydrogen-bond donors (Lipinski definition) is 1. The van der Waals surface area contributed by atoms with Crippen LogP contribution in [0.15, 0.2) is 47.1 Å². The van der Waals surface area contributed by atoms with E-state index in [9.17, 15) is 0 Å². The lowest BCUT2D eigenvalue weighted by Crippen LogP contribution is -1.89. The van der Waals surface area contributed by atoms with Crippen LogP contribution in [0.1, 0.15) is 0 Å². The van der Waals surface area contributed by atoms with E-state index in [-0.39, 0.29) is 0 Å². The maximum atomic E-state index is 5.54. The lowest BCUT2D eigenvalue weighted by Gasteiger charge is -1.98. The Kier molecular flexibility index (Phi) is 3.04. The average molecular weight is 268 g/mol. The average Bonchev–Trinajstić information content (AvgIpc) is 2.98. The molecule has 2 N–H and O–H groups in total. The predicted molar refractivity (Wildman–Crippen MR) is 73.9 cm³/mol. The van der Waals surface area contributed by atoms with Gasteiger partial charge in [0.15, 0.2) is 0 Å². The van der Waals surface area contributed by atoms with Gasteiger partial charge in [0.2, 0.25) is 5.82 Å². The van der Waals surface area contributed by atoms with Gasteiger partial charge in [0.05, 0.1) is 12.7 Å². The van der Waals surface area contributed by atoms with Gasteiger partial charge in [0, 0.05) is 11.8 Å². The topological polar surface area (TPSA) is 87.1 Å². The molecule has 0 radical (unpaired) electrons. The molecule has 0 amide bonds. The van der Waals surface area contributed by atoms with Crippen LogP contribution < -0.4 is 10.5 Å². The molecule has 20 heavy (non-hydrogen) atoms. The second kappa shape index (κ2) is 5.00. The maximum Gasteiger partial charge on any atom is 0.259 e. The zero-order valence-electron chi connectivity index (χ0n) is 10.8. The van der Waals surface area contributed by atoms with Crippen molar-refractivity contribution in [1.29, 1.82) is 0 Å². The van der Waals surface area contributed by atoms with E-state index in [0.717, 1.165) is 16.9 Å². The van der Waals surface area contributed by atoms with E-state index in [1.165, 1.54) is 0 Å². The van der Waals surface area contributed by atoms with E-state index in [0.29, 0.717) is 17.5 Å². The van der Waals surface area contributed by atoms with Gasteiger partial charge in [-0.05, 0) is 36.4 Å². The number of benzene rings is 1. The first-order valence-electron chi connectivity index (χ1n) is 5.96. The molecule has 0 saturated heterocycles. The Morgan fingerprint density at radius 2 is 1.80 bits per heavy atom. The third-order valence-corrected chi connectivity index (χ3v) is 2.81. The molecule has 0 aliphatic carbocycles. The summed E-state index contributed by atoms with van der Waals surface area (Å²) >= 11 is 0. The highest BCUT2D eigenvalue weighted by Gasteiger charge is 2.10. The number of methoxy groups -OCH3 is 1. The molecule has 2 heterocycles. The van der Waals surface area contributed by atoms with Crippen molar-refractivity contribution in [3.8, 4) is 28.6 Å². The first-order valence-corrected chi connectivity index (χ1v) is 5.96. The largest absolute Gasteiger partial charge is 0.497 e. The van der Waals surface area contributed by atoms with Crippen LogP contribution in [0, 0.1) is 0 Å². The van der Waals surface area contributed by atoms with Gasteiger partial charge >= 0.3 is 0 Å². The number of hydrogen-bond acceptors (Lipinski definition) is 6. The number of nitrogens with two attached hydrogens (primary N) is 1. The quantitative estimate of drug-likeness (QED) is 0.784. The number of anilines is 1. The predicted octanol–water partition coefficient (Wildman–Crippen LogP) is 2.39. The number of nitrogen functional groups attached to an aromatic ring is 1. The number of aromatic nitrogens is 3. The van der Waals surface area contributed by atoms with Crippen molar-refractivity contribution >= 4 is 5.82 Å². The van der Waals surface area contributed by atoms with Crippen molar-refractivity contribution in [1.82, 2.24) is 15.1 Å². The Labute approximate surface area is 115 Å². The van der Waals surface area contributed by atoms with Crippen LogP contribution in [0.4, 0.5) is 5.82 Å². The third kappa shape index (κ3) is 2.31. The van der Waals surface area contributed by atoms with E-state index >= 15 is 0 Å². The van der Waals surface area contributed by atoms with Crippen molar-refractivity contribution < 1.29 is 9.26 Å². The summed E-state index contributed by atoms with van der Waals surface area (Å²) in [6.07, 6.45) is 1.60. The van der Waals surface area contributed by atoms with Gasteiger partial charge < -0.3 is 15.0 Å². The molecule has 3 rings (SSSR count). The van der Waals surface area contributed by atoms with Gasteiger partial charge in [0.1, 0.15) is 11.6 Å². The molecule has 0 fully saturated rings. The van der Waals surface area contributed by atoms with Gasteiger partial charge in [0.25, 0.3) is 5.89 Å². The molecule has 6 heteroatoms. The fourth-order valence-electron chi connectivity index (χ4n) is 1.73. The Morgan fingerprint density at radius 3 is 2.45 bits per heavy atom. The molecule has 0 aliphatic rings. The highest BCUT2D eigenvalue weighted by atomic mass is 16.5. The minimum atomic E-state index is 0.406. The normalized spacial score (nSPS) is 10.4. The number of nitrogens with zero attached hydrogens (tertiary/aromatic N) is 3. The lowest BCUT2D eigenvalue weighted by atomic mass is 10.2. The van der Waals surface area contributed by atoms with E-state index in [1.54, 1.807) is 25.4 Å². The van der Waals surface area contributed by atoms with Crippen molar-refractivity contribution in [3.63, 3.8) is 0 Å². The van der Waals surface area contributed by atoms with Crippen LogP contribution in [0.3, 0.4) is 0 Å². The highest BCUT2D eigenvalue weighted by Crippen LogP contribution is 2.23. The zero-order valence-corrected chi connectivity index (χ0v) is 10.8. The molecule has 6 nitrogen and oxygen atoms in total. The molecule has 100 valence electrons.